The molecule has 0 N–H and O–H groups in total. The highest BCUT2D eigenvalue weighted by molar-refractivity contribution is 9.09. The van der Waals surface area contributed by atoms with Gasteiger partial charge in [-0.05, 0) is 43.1 Å². The molecule has 1 saturated carbocycles. The molecule has 0 amide bonds. The Labute approximate surface area is 115 Å². The maximum absolute atomic E-state index is 3.80. The van der Waals surface area contributed by atoms with E-state index in [1.165, 1.54) is 69.9 Å². The third-order valence-corrected chi connectivity index (χ3v) is 5.93. The van der Waals surface area contributed by atoms with Crippen molar-refractivity contribution in [2.45, 2.75) is 58.8 Å². The van der Waals surface area contributed by atoms with E-state index in [0.29, 0.717) is 10.8 Å². The van der Waals surface area contributed by atoms with Crippen LogP contribution in [0.2, 0.25) is 0 Å². The summed E-state index contributed by atoms with van der Waals surface area (Å²) in [5.41, 5.74) is 1.13. The summed E-state index contributed by atoms with van der Waals surface area (Å²) < 4.78 is 0. The van der Waals surface area contributed by atoms with Gasteiger partial charge < -0.3 is 4.90 Å². The first-order chi connectivity index (χ1) is 8.05. The highest BCUT2D eigenvalue weighted by Gasteiger charge is 2.35. The summed E-state index contributed by atoms with van der Waals surface area (Å²) in [5.74, 6) is 0. The Morgan fingerprint density at radius 1 is 1.00 bits per heavy atom. The molecule has 2 aliphatic rings. The van der Waals surface area contributed by atoms with Gasteiger partial charge in [-0.3, -0.25) is 0 Å². The van der Waals surface area contributed by atoms with Crippen LogP contribution in [-0.2, 0) is 0 Å². The Kier molecular flexibility index (Phi) is 4.57. The van der Waals surface area contributed by atoms with E-state index in [-0.39, 0.29) is 0 Å². The second kappa shape index (κ2) is 5.61. The van der Waals surface area contributed by atoms with E-state index in [9.17, 15) is 0 Å². The van der Waals surface area contributed by atoms with E-state index >= 15 is 0 Å². The molecule has 0 bridgehead atoms. The van der Waals surface area contributed by atoms with Crippen LogP contribution in [0.15, 0.2) is 0 Å². The molecule has 1 nitrogen and oxygen atoms in total. The summed E-state index contributed by atoms with van der Waals surface area (Å²) >= 11 is 3.80. The van der Waals surface area contributed by atoms with Gasteiger partial charge in [-0.15, -0.1) is 0 Å². The number of hydrogen-bond donors (Lipinski definition) is 0. The lowest BCUT2D eigenvalue weighted by Crippen LogP contribution is -2.47. The summed E-state index contributed by atoms with van der Waals surface area (Å²) in [5, 5.41) is 1.21. The van der Waals surface area contributed by atoms with E-state index in [4.69, 9.17) is 0 Å². The molecule has 0 atom stereocenters. The molecular weight excluding hydrogens is 274 g/mol. The van der Waals surface area contributed by atoms with Crippen molar-refractivity contribution in [3.63, 3.8) is 0 Å². The van der Waals surface area contributed by atoms with Crippen molar-refractivity contribution in [1.29, 1.82) is 0 Å². The van der Waals surface area contributed by atoms with Gasteiger partial charge >= 0.3 is 0 Å². The number of likely N-dealkylation sites (tertiary alicyclic amines) is 1. The van der Waals surface area contributed by atoms with Crippen molar-refractivity contribution < 1.29 is 0 Å². The first kappa shape index (κ1) is 13.9. The molecule has 1 saturated heterocycles. The number of alkyl halides is 1. The first-order valence-electron chi connectivity index (χ1n) is 7.34. The van der Waals surface area contributed by atoms with Crippen LogP contribution in [0.4, 0.5) is 0 Å². The van der Waals surface area contributed by atoms with Gasteiger partial charge in [0.1, 0.15) is 0 Å². The van der Waals surface area contributed by atoms with Gasteiger partial charge in [0.15, 0.2) is 0 Å². The summed E-state index contributed by atoms with van der Waals surface area (Å²) in [6.45, 7) is 8.84. The van der Waals surface area contributed by atoms with Crippen LogP contribution in [0.5, 0.6) is 0 Å². The summed E-state index contributed by atoms with van der Waals surface area (Å²) in [6, 6.07) is 0. The quantitative estimate of drug-likeness (QED) is 0.696. The van der Waals surface area contributed by atoms with Gasteiger partial charge in [0.05, 0.1) is 0 Å². The van der Waals surface area contributed by atoms with Crippen LogP contribution in [-0.4, -0.2) is 29.9 Å². The van der Waals surface area contributed by atoms with E-state index < -0.39 is 0 Å². The predicted octanol–water partition coefficient (Wildman–Crippen LogP) is 4.45. The molecule has 1 heterocycles. The Bertz CT molecular complexity index is 243. The molecule has 0 radical (unpaired) electrons. The third kappa shape index (κ3) is 3.70. The van der Waals surface area contributed by atoms with Crippen molar-refractivity contribution in [1.82, 2.24) is 4.90 Å². The number of piperidine rings is 1. The highest BCUT2D eigenvalue weighted by Crippen LogP contribution is 2.40. The third-order valence-electron chi connectivity index (χ3n) is 4.74. The largest absolute Gasteiger partial charge is 0.302 e. The lowest BCUT2D eigenvalue weighted by molar-refractivity contribution is 0.0611. The van der Waals surface area contributed by atoms with Gasteiger partial charge in [0.25, 0.3) is 0 Å². The number of hydrogen-bond acceptors (Lipinski definition) is 1. The van der Waals surface area contributed by atoms with E-state index in [0.717, 1.165) is 0 Å². The zero-order valence-corrected chi connectivity index (χ0v) is 13.2. The van der Waals surface area contributed by atoms with Crippen molar-refractivity contribution in [3.05, 3.63) is 0 Å². The van der Waals surface area contributed by atoms with Crippen LogP contribution in [0.1, 0.15) is 58.8 Å². The smallest absolute Gasteiger partial charge is 0.0100 e. The molecule has 1 aliphatic heterocycles. The van der Waals surface area contributed by atoms with Gasteiger partial charge in [-0.2, -0.15) is 0 Å². The first-order valence-corrected chi connectivity index (χ1v) is 8.46. The Morgan fingerprint density at radius 3 is 2.29 bits per heavy atom. The Balaban J connectivity index is 1.93. The van der Waals surface area contributed by atoms with Crippen molar-refractivity contribution in [3.8, 4) is 0 Å². The van der Waals surface area contributed by atoms with Gasteiger partial charge in [-0.1, -0.05) is 49.0 Å². The summed E-state index contributed by atoms with van der Waals surface area (Å²) in [7, 11) is 0. The lowest BCUT2D eigenvalue weighted by Gasteiger charge is -2.45. The number of rotatable bonds is 3. The minimum atomic E-state index is 0.542. The van der Waals surface area contributed by atoms with E-state index in [2.05, 4.69) is 34.7 Å². The average molecular weight is 302 g/mol. The monoisotopic (exact) mass is 301 g/mol. The van der Waals surface area contributed by atoms with Gasteiger partial charge in [0, 0.05) is 18.4 Å². The van der Waals surface area contributed by atoms with Crippen LogP contribution in [0.25, 0.3) is 0 Å². The minimum absolute atomic E-state index is 0.542. The SMILES string of the molecule is CC1(C)CCCN(CC2(CBr)CCCCC2)C1. The van der Waals surface area contributed by atoms with Crippen molar-refractivity contribution >= 4 is 15.9 Å². The fraction of sp³-hybridized carbons (Fsp3) is 1.00. The maximum atomic E-state index is 3.80. The molecule has 100 valence electrons. The molecule has 1 aliphatic carbocycles. The fourth-order valence-corrected chi connectivity index (χ4v) is 4.53. The lowest BCUT2D eigenvalue weighted by atomic mass is 9.74. The zero-order chi connectivity index (χ0) is 12.4. The minimum Gasteiger partial charge on any atom is -0.302 e. The molecule has 2 rings (SSSR count). The molecule has 0 aromatic carbocycles. The Morgan fingerprint density at radius 2 is 1.71 bits per heavy atom. The normalized spacial score (nSPS) is 29.1. The molecule has 17 heavy (non-hydrogen) atoms. The maximum Gasteiger partial charge on any atom is 0.0100 e. The topological polar surface area (TPSA) is 3.24 Å². The van der Waals surface area contributed by atoms with Crippen LogP contribution >= 0.6 is 15.9 Å². The van der Waals surface area contributed by atoms with Crippen LogP contribution in [0.3, 0.4) is 0 Å². The van der Waals surface area contributed by atoms with Crippen LogP contribution in [0, 0.1) is 10.8 Å². The van der Waals surface area contributed by atoms with Crippen molar-refractivity contribution in [2.75, 3.05) is 25.0 Å². The molecule has 2 heteroatoms. The van der Waals surface area contributed by atoms with E-state index in [1.807, 2.05) is 0 Å². The van der Waals surface area contributed by atoms with Crippen LogP contribution < -0.4 is 0 Å². The number of halogens is 1. The zero-order valence-electron chi connectivity index (χ0n) is 11.6. The fourth-order valence-electron chi connectivity index (χ4n) is 3.79. The molecule has 0 aromatic rings. The summed E-state index contributed by atoms with van der Waals surface area (Å²) in [6.07, 6.45) is 10.0. The average Bonchev–Trinajstić information content (AvgIpc) is 2.29. The standard InChI is InChI=1S/C15H28BrN/c1-14(2)7-6-10-17(12-14)13-15(11-16)8-4-3-5-9-15/h3-13H2,1-2H3. The van der Waals surface area contributed by atoms with Gasteiger partial charge in [-0.25, -0.2) is 0 Å². The second-order valence-electron chi connectivity index (χ2n) is 7.17. The molecular formula is C15H28BrN. The predicted molar refractivity (Wildman–Crippen MR) is 78.8 cm³/mol. The molecule has 0 aromatic heterocycles. The number of nitrogens with zero attached hydrogens (tertiary/aromatic N) is 1. The molecule has 0 unspecified atom stereocenters. The second-order valence-corrected chi connectivity index (χ2v) is 7.73. The van der Waals surface area contributed by atoms with E-state index in [1.54, 1.807) is 0 Å². The Hall–Kier alpha value is 0.440. The van der Waals surface area contributed by atoms with Gasteiger partial charge in [0.2, 0.25) is 0 Å². The molecule has 2 fully saturated rings. The van der Waals surface area contributed by atoms with Crippen molar-refractivity contribution in [2.24, 2.45) is 10.8 Å². The highest BCUT2D eigenvalue weighted by atomic mass is 79.9. The molecule has 0 spiro atoms. The summed E-state index contributed by atoms with van der Waals surface area (Å²) in [4.78, 5) is 2.75.